The first kappa shape index (κ1) is 11.0. The van der Waals surface area contributed by atoms with E-state index in [2.05, 4.69) is 25.9 Å². The average Bonchev–Trinajstić information content (AvgIpc) is 2.85. The highest BCUT2D eigenvalue weighted by Gasteiger charge is 2.13. The van der Waals surface area contributed by atoms with Crippen molar-refractivity contribution in [3.8, 4) is 5.75 Å². The van der Waals surface area contributed by atoms with Gasteiger partial charge in [0.25, 0.3) is 11.7 Å². The molecule has 0 aliphatic carbocycles. The fourth-order valence-electron chi connectivity index (χ4n) is 1.16. The Hall–Kier alpha value is -2.51. The van der Waals surface area contributed by atoms with Crippen molar-refractivity contribution in [2.75, 3.05) is 12.4 Å². The summed E-state index contributed by atoms with van der Waals surface area (Å²) in [6.45, 7) is 0. The molecule has 0 aliphatic rings. The maximum atomic E-state index is 13.4. The van der Waals surface area contributed by atoms with Gasteiger partial charge in [0.15, 0.2) is 0 Å². The van der Waals surface area contributed by atoms with Gasteiger partial charge in [0, 0.05) is 6.07 Å². The molecule has 8 heteroatoms. The Morgan fingerprint density at radius 3 is 3.00 bits per heavy atom. The first-order valence-electron chi connectivity index (χ1n) is 4.59. The van der Waals surface area contributed by atoms with E-state index in [-0.39, 0.29) is 11.5 Å². The monoisotopic (exact) mass is 237 g/mol. The number of rotatable bonds is 3. The highest BCUT2D eigenvalue weighted by molar-refractivity contribution is 6.01. The lowest BCUT2D eigenvalue weighted by molar-refractivity contribution is 0.101. The molecule has 2 rings (SSSR count). The lowest BCUT2D eigenvalue weighted by atomic mass is 10.3. The molecule has 0 radical (unpaired) electrons. The van der Waals surface area contributed by atoms with E-state index in [1.165, 1.54) is 25.3 Å². The number of ether oxygens (including phenoxy) is 1. The molecule has 0 fully saturated rings. The number of hydrogen-bond acceptors (Lipinski definition) is 5. The molecule has 0 atom stereocenters. The fraction of sp³-hybridized carbons (Fsp3) is 0.111. The third-order valence-corrected chi connectivity index (χ3v) is 1.97. The largest absolute Gasteiger partial charge is 0.497 e. The molecular formula is C9H8FN5O2. The Kier molecular flexibility index (Phi) is 2.95. The Morgan fingerprint density at radius 2 is 2.35 bits per heavy atom. The minimum Gasteiger partial charge on any atom is -0.497 e. The van der Waals surface area contributed by atoms with Crippen LogP contribution in [0.1, 0.15) is 10.6 Å². The molecule has 1 heterocycles. The van der Waals surface area contributed by atoms with Gasteiger partial charge in [0.1, 0.15) is 11.6 Å². The Bertz CT molecular complexity index is 528. The van der Waals surface area contributed by atoms with Crippen LogP contribution in [0, 0.1) is 5.82 Å². The molecule has 1 aromatic carbocycles. The number of tetrazole rings is 1. The van der Waals surface area contributed by atoms with Crippen molar-refractivity contribution in [3.63, 3.8) is 0 Å². The third-order valence-electron chi connectivity index (χ3n) is 1.97. The van der Waals surface area contributed by atoms with Crippen LogP contribution >= 0.6 is 0 Å². The summed E-state index contributed by atoms with van der Waals surface area (Å²) in [6.07, 6.45) is 0. The summed E-state index contributed by atoms with van der Waals surface area (Å²) in [5.74, 6) is -0.990. The van der Waals surface area contributed by atoms with Crippen molar-refractivity contribution in [2.45, 2.75) is 0 Å². The Morgan fingerprint density at radius 1 is 1.53 bits per heavy atom. The molecule has 7 nitrogen and oxygen atoms in total. The number of methoxy groups -OCH3 is 1. The van der Waals surface area contributed by atoms with Gasteiger partial charge in [-0.25, -0.2) is 4.39 Å². The Balaban J connectivity index is 2.21. The molecule has 0 aliphatic heterocycles. The lowest BCUT2D eigenvalue weighted by Crippen LogP contribution is -2.14. The number of H-pyrrole nitrogens is 1. The zero-order valence-corrected chi connectivity index (χ0v) is 8.77. The SMILES string of the molecule is COc1ccc(F)c(NC(=O)c2nn[nH]n2)c1. The molecule has 0 bridgehead atoms. The van der Waals surface area contributed by atoms with E-state index in [9.17, 15) is 9.18 Å². The van der Waals surface area contributed by atoms with E-state index in [1.807, 2.05) is 0 Å². The summed E-state index contributed by atoms with van der Waals surface area (Å²) in [5.41, 5.74) is -0.0147. The van der Waals surface area contributed by atoms with Crippen molar-refractivity contribution in [1.29, 1.82) is 0 Å². The van der Waals surface area contributed by atoms with Gasteiger partial charge in [-0.1, -0.05) is 0 Å². The van der Waals surface area contributed by atoms with Crippen molar-refractivity contribution < 1.29 is 13.9 Å². The van der Waals surface area contributed by atoms with E-state index in [0.29, 0.717) is 5.75 Å². The van der Waals surface area contributed by atoms with Crippen molar-refractivity contribution >= 4 is 11.6 Å². The van der Waals surface area contributed by atoms with Crippen LogP contribution < -0.4 is 10.1 Å². The Labute approximate surface area is 95.0 Å². The standard InChI is InChI=1S/C9H8FN5O2/c1-17-5-2-3-6(10)7(4-5)11-9(16)8-12-14-15-13-8/h2-4H,1H3,(H,11,16)(H,12,13,14,15). The van der Waals surface area contributed by atoms with Gasteiger partial charge in [-0.05, 0) is 17.3 Å². The molecule has 1 aromatic heterocycles. The molecular weight excluding hydrogens is 229 g/mol. The van der Waals surface area contributed by atoms with Crippen molar-refractivity contribution in [1.82, 2.24) is 20.6 Å². The smallest absolute Gasteiger partial charge is 0.297 e. The number of benzene rings is 1. The van der Waals surface area contributed by atoms with Crippen LogP contribution in [0.25, 0.3) is 0 Å². The number of carbonyl (C=O) groups excluding carboxylic acids is 1. The van der Waals surface area contributed by atoms with Crippen LogP contribution in [0.3, 0.4) is 0 Å². The van der Waals surface area contributed by atoms with E-state index in [4.69, 9.17) is 4.74 Å². The molecule has 0 spiro atoms. The predicted molar refractivity (Wildman–Crippen MR) is 55.1 cm³/mol. The normalized spacial score (nSPS) is 10.0. The van der Waals surface area contributed by atoms with E-state index in [1.54, 1.807) is 0 Å². The van der Waals surface area contributed by atoms with Crippen LogP contribution in [0.15, 0.2) is 18.2 Å². The first-order chi connectivity index (χ1) is 8.20. The molecule has 1 amide bonds. The van der Waals surface area contributed by atoms with Crippen LogP contribution in [-0.2, 0) is 0 Å². The zero-order valence-electron chi connectivity index (χ0n) is 8.77. The van der Waals surface area contributed by atoms with Crippen LogP contribution in [0.4, 0.5) is 10.1 Å². The molecule has 0 saturated heterocycles. The van der Waals surface area contributed by atoms with Crippen molar-refractivity contribution in [3.05, 3.63) is 29.8 Å². The van der Waals surface area contributed by atoms with Gasteiger partial charge < -0.3 is 10.1 Å². The van der Waals surface area contributed by atoms with E-state index < -0.39 is 11.7 Å². The van der Waals surface area contributed by atoms with Gasteiger partial charge in [0.05, 0.1) is 12.8 Å². The van der Waals surface area contributed by atoms with Gasteiger partial charge in [-0.15, -0.1) is 10.2 Å². The number of nitrogens with zero attached hydrogens (tertiary/aromatic N) is 3. The summed E-state index contributed by atoms with van der Waals surface area (Å²) < 4.78 is 18.3. The van der Waals surface area contributed by atoms with Gasteiger partial charge in [0.2, 0.25) is 0 Å². The number of amides is 1. The summed E-state index contributed by atoms with van der Waals surface area (Å²) in [4.78, 5) is 11.5. The molecule has 2 N–H and O–H groups in total. The topological polar surface area (TPSA) is 92.8 Å². The van der Waals surface area contributed by atoms with Crippen LogP contribution in [0.5, 0.6) is 5.75 Å². The summed E-state index contributed by atoms with van der Waals surface area (Å²) in [5, 5.41) is 14.6. The second-order valence-electron chi connectivity index (χ2n) is 3.04. The lowest BCUT2D eigenvalue weighted by Gasteiger charge is -2.06. The zero-order chi connectivity index (χ0) is 12.3. The fourth-order valence-corrected chi connectivity index (χ4v) is 1.16. The van der Waals surface area contributed by atoms with Crippen molar-refractivity contribution in [2.24, 2.45) is 0 Å². The van der Waals surface area contributed by atoms with Crippen LogP contribution in [0.2, 0.25) is 0 Å². The number of halogens is 1. The van der Waals surface area contributed by atoms with E-state index >= 15 is 0 Å². The van der Waals surface area contributed by atoms with Gasteiger partial charge >= 0.3 is 0 Å². The number of nitrogens with one attached hydrogen (secondary N) is 2. The quantitative estimate of drug-likeness (QED) is 0.815. The molecule has 2 aromatic rings. The first-order valence-corrected chi connectivity index (χ1v) is 4.59. The summed E-state index contributed by atoms with van der Waals surface area (Å²) in [7, 11) is 1.44. The predicted octanol–water partition coefficient (Wildman–Crippen LogP) is 0.600. The van der Waals surface area contributed by atoms with Crippen LogP contribution in [-0.4, -0.2) is 33.6 Å². The highest BCUT2D eigenvalue weighted by atomic mass is 19.1. The molecule has 0 unspecified atom stereocenters. The second kappa shape index (κ2) is 4.56. The van der Waals surface area contributed by atoms with Gasteiger partial charge in [-0.3, -0.25) is 4.79 Å². The van der Waals surface area contributed by atoms with E-state index in [0.717, 1.165) is 0 Å². The maximum absolute atomic E-state index is 13.4. The average molecular weight is 237 g/mol. The molecule has 0 saturated carbocycles. The highest BCUT2D eigenvalue weighted by Crippen LogP contribution is 2.21. The number of aromatic amines is 1. The number of anilines is 1. The van der Waals surface area contributed by atoms with Gasteiger partial charge in [-0.2, -0.15) is 5.21 Å². The maximum Gasteiger partial charge on any atom is 0.297 e. The number of carbonyl (C=O) groups is 1. The third kappa shape index (κ3) is 2.36. The molecule has 88 valence electrons. The summed E-state index contributed by atoms with van der Waals surface area (Å²) >= 11 is 0. The summed E-state index contributed by atoms with van der Waals surface area (Å²) in [6, 6.07) is 3.98. The number of aromatic nitrogens is 4. The molecule has 17 heavy (non-hydrogen) atoms. The minimum absolute atomic E-state index is 0.0147. The number of hydrogen-bond donors (Lipinski definition) is 2. The minimum atomic E-state index is -0.661. The second-order valence-corrected chi connectivity index (χ2v) is 3.04.